The fraction of sp³-hybridized carbons (Fsp3) is 0.600. The monoisotopic (exact) mass is 792 g/mol. The molecule has 2 amide bonds. The first-order valence-corrected chi connectivity index (χ1v) is 21.0. The summed E-state index contributed by atoms with van der Waals surface area (Å²) in [5.74, 6) is 0.757. The maximum Gasteiger partial charge on any atom is 0.408 e. The fourth-order valence-corrected chi connectivity index (χ4v) is 9.67. The van der Waals surface area contributed by atoms with Crippen molar-refractivity contribution in [2.45, 2.75) is 133 Å². The van der Waals surface area contributed by atoms with Crippen LogP contribution in [0.15, 0.2) is 28.6 Å². The number of methoxy groups -OCH3 is 1. The summed E-state index contributed by atoms with van der Waals surface area (Å²) in [4.78, 5) is 57.6. The fourth-order valence-electron chi connectivity index (χ4n) is 8.54. The van der Waals surface area contributed by atoms with Gasteiger partial charge in [0.2, 0.25) is 11.8 Å². The van der Waals surface area contributed by atoms with E-state index in [0.717, 1.165) is 69.3 Å². The van der Waals surface area contributed by atoms with E-state index in [4.69, 9.17) is 45.5 Å². The van der Waals surface area contributed by atoms with E-state index in [1.54, 1.807) is 18.1 Å². The Morgan fingerprint density at radius 1 is 1.00 bits per heavy atom. The highest BCUT2D eigenvalue weighted by Gasteiger charge is 2.65. The SMILES string of the molecule is COc1ccc2c(OC3CC4C5=NC6(CC6CCCCCCCC(NC(=O)OC6CCCC6)C(=O)N4C3)C(=O)O5)cc(-c3csc(NC(C)C)n3)nc2c1Cl. The second-order valence-electron chi connectivity index (χ2n) is 15.8. The van der Waals surface area contributed by atoms with Gasteiger partial charge in [-0.2, -0.15) is 0 Å². The number of nitrogens with one attached hydrogen (secondary N) is 2. The van der Waals surface area contributed by atoms with Gasteiger partial charge in [-0.25, -0.2) is 24.5 Å². The molecule has 5 aliphatic rings. The molecule has 2 aromatic heterocycles. The zero-order valence-corrected chi connectivity index (χ0v) is 33.2. The van der Waals surface area contributed by atoms with Crippen LogP contribution in [0.1, 0.15) is 97.3 Å². The molecule has 3 aliphatic heterocycles. The largest absolute Gasteiger partial charge is 0.495 e. The Morgan fingerprint density at radius 3 is 2.55 bits per heavy atom. The van der Waals surface area contributed by atoms with Gasteiger partial charge in [-0.05, 0) is 76.8 Å². The first-order valence-electron chi connectivity index (χ1n) is 19.8. The molecule has 5 unspecified atom stereocenters. The lowest BCUT2D eigenvalue weighted by Crippen LogP contribution is -2.52. The van der Waals surface area contributed by atoms with Crippen LogP contribution >= 0.6 is 22.9 Å². The number of hydrogen-bond donors (Lipinski definition) is 2. The van der Waals surface area contributed by atoms with E-state index in [0.29, 0.717) is 58.1 Å². The Bertz CT molecular complexity index is 1980. The van der Waals surface area contributed by atoms with Crippen LogP contribution in [0.25, 0.3) is 22.3 Å². The first kappa shape index (κ1) is 37.7. The van der Waals surface area contributed by atoms with Gasteiger partial charge >= 0.3 is 12.1 Å². The number of aromatic nitrogens is 2. The van der Waals surface area contributed by atoms with Crippen molar-refractivity contribution >= 4 is 62.8 Å². The second kappa shape index (κ2) is 15.8. The van der Waals surface area contributed by atoms with Crippen LogP contribution in [0.3, 0.4) is 0 Å². The molecule has 5 atom stereocenters. The summed E-state index contributed by atoms with van der Waals surface area (Å²) in [6.45, 7) is 4.28. The number of amides is 2. The third-order valence-corrected chi connectivity index (χ3v) is 12.7. The highest BCUT2D eigenvalue weighted by atomic mass is 35.5. The number of anilines is 1. The van der Waals surface area contributed by atoms with Crippen molar-refractivity contribution in [1.82, 2.24) is 20.2 Å². The lowest BCUT2D eigenvalue weighted by molar-refractivity contribution is -0.138. The number of thiazole rings is 1. The van der Waals surface area contributed by atoms with Crippen LogP contribution in [0.4, 0.5) is 9.93 Å². The topological polar surface area (TPSA) is 154 Å². The maximum atomic E-state index is 14.7. The van der Waals surface area contributed by atoms with Crippen molar-refractivity contribution in [3.8, 4) is 22.9 Å². The Morgan fingerprint density at radius 2 is 1.76 bits per heavy atom. The summed E-state index contributed by atoms with van der Waals surface area (Å²) >= 11 is 8.34. The number of halogens is 1. The van der Waals surface area contributed by atoms with Gasteiger partial charge < -0.3 is 34.5 Å². The molecule has 0 radical (unpaired) electrons. The maximum absolute atomic E-state index is 14.7. The molecule has 55 heavy (non-hydrogen) atoms. The molecule has 1 spiro atoms. The van der Waals surface area contributed by atoms with E-state index in [2.05, 4.69) is 24.5 Å². The number of carbonyl (C=O) groups excluding carboxylic acids is 3. The number of ether oxygens (including phenoxy) is 4. The number of alkyl carbamates (subject to hydrolysis) is 1. The standard InChI is InChI=1S/C40H49ClN6O7S/c1-22(2)42-38-44-29(21-55-38)28-18-32(26-15-16-31(51-3)33(41)34(26)43-28)52-25-17-30-35-46-40(37(49)54-35)19-23(40)11-7-5-4-6-8-14-27(36(48)47(30)20-25)45-39(50)53-24-12-9-10-13-24/h15-16,18,21-25,27,30H,4-14,17,19-20H2,1-3H3,(H,42,44)(H,45,50). The van der Waals surface area contributed by atoms with Crippen molar-refractivity contribution in [3.05, 3.63) is 28.6 Å². The number of nitrogens with zero attached hydrogens (tertiary/aromatic N) is 4. The number of carbonyl (C=O) groups is 3. The summed E-state index contributed by atoms with van der Waals surface area (Å²) < 4.78 is 24.1. The van der Waals surface area contributed by atoms with E-state index >= 15 is 0 Å². The molecule has 5 heterocycles. The van der Waals surface area contributed by atoms with E-state index in [1.807, 2.05) is 17.5 Å². The van der Waals surface area contributed by atoms with Crippen LogP contribution in [-0.4, -0.2) is 88.3 Å². The predicted octanol–water partition coefficient (Wildman–Crippen LogP) is 7.68. The van der Waals surface area contributed by atoms with E-state index in [9.17, 15) is 14.4 Å². The van der Waals surface area contributed by atoms with E-state index in [-0.39, 0.29) is 42.4 Å². The van der Waals surface area contributed by atoms with Gasteiger partial charge in [0.1, 0.15) is 46.5 Å². The summed E-state index contributed by atoms with van der Waals surface area (Å²) in [5, 5.41) is 9.97. The summed E-state index contributed by atoms with van der Waals surface area (Å²) in [5.41, 5.74) is 0.845. The smallest absolute Gasteiger partial charge is 0.408 e. The third kappa shape index (κ3) is 7.81. The minimum absolute atomic E-state index is 0.138. The second-order valence-corrected chi connectivity index (χ2v) is 17.1. The van der Waals surface area contributed by atoms with Crippen LogP contribution in [0.5, 0.6) is 11.5 Å². The number of aliphatic imine (C=N–C) groups is 1. The van der Waals surface area contributed by atoms with E-state index in [1.165, 1.54) is 11.3 Å². The Hall–Kier alpha value is -4.17. The predicted molar refractivity (Wildman–Crippen MR) is 210 cm³/mol. The van der Waals surface area contributed by atoms with Crippen molar-refractivity contribution in [3.63, 3.8) is 0 Å². The van der Waals surface area contributed by atoms with Gasteiger partial charge in [-0.15, -0.1) is 11.3 Å². The first-order chi connectivity index (χ1) is 26.6. The van der Waals surface area contributed by atoms with Crippen LogP contribution in [0, 0.1) is 5.92 Å². The highest BCUT2D eigenvalue weighted by molar-refractivity contribution is 7.14. The molecule has 294 valence electrons. The van der Waals surface area contributed by atoms with Crippen LogP contribution in [0.2, 0.25) is 5.02 Å². The molecular weight excluding hydrogens is 744 g/mol. The molecule has 8 rings (SSSR count). The molecule has 2 saturated carbocycles. The molecule has 13 nitrogen and oxygen atoms in total. The number of pyridine rings is 1. The van der Waals surface area contributed by atoms with Crippen molar-refractivity contribution < 1.29 is 33.3 Å². The molecule has 1 aromatic carbocycles. The summed E-state index contributed by atoms with van der Waals surface area (Å²) in [6, 6.07) is 4.19. The molecule has 2 N–H and O–H groups in total. The number of fused-ring (bicyclic) bond motifs is 3. The van der Waals surface area contributed by atoms with Gasteiger partial charge in [-0.3, -0.25) is 4.79 Å². The molecule has 3 fully saturated rings. The van der Waals surface area contributed by atoms with Gasteiger partial charge in [0.05, 0.1) is 24.9 Å². The number of esters is 1. The number of benzene rings is 1. The summed E-state index contributed by atoms with van der Waals surface area (Å²) in [6.07, 6.45) is 9.62. The molecule has 2 aliphatic carbocycles. The average Bonchev–Trinajstić information content (AvgIpc) is 3.70. The molecular formula is C40H49ClN6O7S. The minimum atomic E-state index is -0.866. The van der Waals surface area contributed by atoms with Gasteiger partial charge in [-0.1, -0.05) is 43.7 Å². The number of rotatable bonds is 8. The normalized spacial score (nSPS) is 27.1. The van der Waals surface area contributed by atoms with Crippen molar-refractivity contribution in [2.75, 3.05) is 19.0 Å². The minimum Gasteiger partial charge on any atom is -0.495 e. The van der Waals surface area contributed by atoms with Crippen LogP contribution < -0.4 is 20.1 Å². The van der Waals surface area contributed by atoms with Gasteiger partial charge in [0.25, 0.3) is 0 Å². The lowest BCUT2D eigenvalue weighted by Gasteiger charge is -2.28. The third-order valence-electron chi connectivity index (χ3n) is 11.5. The Labute approximate surface area is 329 Å². The molecule has 15 heteroatoms. The van der Waals surface area contributed by atoms with Crippen LogP contribution in [-0.2, 0) is 19.1 Å². The van der Waals surface area contributed by atoms with Gasteiger partial charge in [0, 0.05) is 29.3 Å². The zero-order valence-electron chi connectivity index (χ0n) is 31.6. The molecule has 3 aromatic rings. The number of hydrogen-bond acceptors (Lipinski definition) is 12. The Kier molecular flexibility index (Phi) is 10.8. The van der Waals surface area contributed by atoms with E-state index < -0.39 is 29.8 Å². The molecule has 2 bridgehead atoms. The average molecular weight is 793 g/mol. The lowest BCUT2D eigenvalue weighted by atomic mass is 10.0. The van der Waals surface area contributed by atoms with Crippen molar-refractivity contribution in [2.24, 2.45) is 10.9 Å². The highest BCUT2D eigenvalue weighted by Crippen LogP contribution is 2.54. The van der Waals surface area contributed by atoms with Gasteiger partial charge in [0.15, 0.2) is 10.7 Å². The Balaban J connectivity index is 1.12. The van der Waals surface area contributed by atoms with Crippen molar-refractivity contribution in [1.29, 1.82) is 0 Å². The molecule has 1 saturated heterocycles. The summed E-state index contributed by atoms with van der Waals surface area (Å²) in [7, 11) is 1.55. The quantitative estimate of drug-likeness (QED) is 0.217. The zero-order chi connectivity index (χ0) is 38.3.